The molecule has 0 fully saturated rings. The second-order valence-corrected chi connectivity index (χ2v) is 4.44. The van der Waals surface area contributed by atoms with E-state index in [0.717, 1.165) is 12.1 Å². The summed E-state index contributed by atoms with van der Waals surface area (Å²) in [5.74, 6) is 0.623. The van der Waals surface area contributed by atoms with E-state index >= 15 is 0 Å². The van der Waals surface area contributed by atoms with Gasteiger partial charge < -0.3 is 4.90 Å². The first-order valence-electron chi connectivity index (χ1n) is 6.13. The lowest BCUT2D eigenvalue weighted by atomic mass is 10.1. The van der Waals surface area contributed by atoms with Crippen LogP contribution < -0.4 is 0 Å². The van der Waals surface area contributed by atoms with Crippen molar-refractivity contribution in [1.29, 1.82) is 0 Å². The topological polar surface area (TPSA) is 3.24 Å². The monoisotopic (exact) mass is 217 g/mol. The van der Waals surface area contributed by atoms with Gasteiger partial charge in [-0.1, -0.05) is 39.8 Å². The molecule has 1 heteroatoms. The van der Waals surface area contributed by atoms with E-state index in [9.17, 15) is 0 Å². The zero-order chi connectivity index (χ0) is 12.1. The van der Waals surface area contributed by atoms with Crippen molar-refractivity contribution in [2.24, 2.45) is 5.92 Å². The van der Waals surface area contributed by atoms with Crippen molar-refractivity contribution in [2.75, 3.05) is 0 Å². The molecule has 1 nitrogen and oxygen atoms in total. The maximum Gasteiger partial charge on any atom is 0.0382 e. The molecule has 1 heterocycles. The van der Waals surface area contributed by atoms with Gasteiger partial charge in [0, 0.05) is 17.6 Å². The van der Waals surface area contributed by atoms with Crippen LogP contribution in [0.5, 0.6) is 0 Å². The molecule has 0 bridgehead atoms. The zero-order valence-corrected chi connectivity index (χ0v) is 11.0. The molecule has 1 aliphatic rings. The molecule has 0 aromatic rings. The van der Waals surface area contributed by atoms with Gasteiger partial charge in [0.2, 0.25) is 0 Å². The number of rotatable bonds is 4. The second kappa shape index (κ2) is 5.74. The van der Waals surface area contributed by atoms with Gasteiger partial charge in [-0.25, -0.2) is 0 Å². The van der Waals surface area contributed by atoms with E-state index in [1.807, 2.05) is 0 Å². The highest BCUT2D eigenvalue weighted by molar-refractivity contribution is 5.36. The summed E-state index contributed by atoms with van der Waals surface area (Å²) in [7, 11) is 0. The predicted molar refractivity (Wildman–Crippen MR) is 71.7 cm³/mol. The minimum Gasteiger partial charge on any atom is -0.322 e. The fourth-order valence-corrected chi connectivity index (χ4v) is 1.77. The van der Waals surface area contributed by atoms with Gasteiger partial charge in [0.15, 0.2) is 0 Å². The first-order chi connectivity index (χ1) is 7.58. The van der Waals surface area contributed by atoms with E-state index in [1.54, 1.807) is 0 Å². The molecule has 0 spiro atoms. The Bertz CT molecular complexity index is 344. The highest BCUT2D eigenvalue weighted by Gasteiger charge is 2.10. The van der Waals surface area contributed by atoms with Gasteiger partial charge in [0.1, 0.15) is 0 Å². The molecular weight excluding hydrogens is 194 g/mol. The van der Waals surface area contributed by atoms with Gasteiger partial charge in [-0.05, 0) is 37.0 Å². The molecule has 0 aliphatic carbocycles. The molecule has 0 saturated heterocycles. The summed E-state index contributed by atoms with van der Waals surface area (Å²) < 4.78 is 0. The summed E-state index contributed by atoms with van der Waals surface area (Å²) in [4.78, 5) is 2.16. The molecule has 0 aromatic carbocycles. The van der Waals surface area contributed by atoms with E-state index in [4.69, 9.17) is 0 Å². The van der Waals surface area contributed by atoms with E-state index in [0.29, 0.717) is 5.92 Å². The van der Waals surface area contributed by atoms with Crippen LogP contribution in [-0.2, 0) is 0 Å². The number of hydrogen-bond acceptors (Lipinski definition) is 1. The number of hydrogen-bond donors (Lipinski definition) is 0. The molecule has 0 aromatic heterocycles. The third-order valence-corrected chi connectivity index (χ3v) is 3.06. The third kappa shape index (κ3) is 3.13. The molecule has 0 radical (unpaired) electrons. The quantitative estimate of drug-likeness (QED) is 0.664. The van der Waals surface area contributed by atoms with Gasteiger partial charge in [-0.3, -0.25) is 0 Å². The molecule has 16 heavy (non-hydrogen) atoms. The maximum atomic E-state index is 4.11. The van der Waals surface area contributed by atoms with Gasteiger partial charge in [-0.2, -0.15) is 0 Å². The highest BCUT2D eigenvalue weighted by Crippen LogP contribution is 2.23. The Balaban J connectivity index is 2.78. The maximum absolute atomic E-state index is 4.11. The third-order valence-electron chi connectivity index (χ3n) is 3.06. The molecule has 0 amide bonds. The lowest BCUT2D eigenvalue weighted by Gasteiger charge is -2.26. The molecule has 1 rings (SSSR count). The summed E-state index contributed by atoms with van der Waals surface area (Å²) in [6.45, 7) is 12.9. The minimum atomic E-state index is 0.623. The molecule has 0 saturated carbocycles. The Hall–Kier alpha value is -1.24. The average molecular weight is 217 g/mol. The van der Waals surface area contributed by atoms with Crippen molar-refractivity contribution < 1.29 is 0 Å². The lowest BCUT2D eigenvalue weighted by molar-refractivity contribution is 0.567. The van der Waals surface area contributed by atoms with Crippen LogP contribution in [0.15, 0.2) is 48.0 Å². The molecular formula is C15H23N. The van der Waals surface area contributed by atoms with Crippen molar-refractivity contribution in [3.63, 3.8) is 0 Å². The highest BCUT2D eigenvalue weighted by atomic mass is 15.1. The van der Waals surface area contributed by atoms with Crippen LogP contribution in [0.2, 0.25) is 0 Å². The molecule has 1 atom stereocenters. The van der Waals surface area contributed by atoms with Crippen LogP contribution in [-0.4, -0.2) is 4.90 Å². The first kappa shape index (κ1) is 12.8. The first-order valence-corrected chi connectivity index (χ1v) is 6.13. The van der Waals surface area contributed by atoms with Crippen molar-refractivity contribution in [1.82, 2.24) is 4.90 Å². The fourth-order valence-electron chi connectivity index (χ4n) is 1.77. The SMILES string of the molecule is C=C1C=C(CC)C=CN1C(C)=CC(C)CC. The van der Waals surface area contributed by atoms with Crippen LogP contribution in [0.1, 0.15) is 40.5 Å². The largest absolute Gasteiger partial charge is 0.322 e. The van der Waals surface area contributed by atoms with Crippen molar-refractivity contribution in [3.05, 3.63) is 48.0 Å². The molecule has 88 valence electrons. The fraction of sp³-hybridized carbons (Fsp3) is 0.467. The Morgan fingerprint density at radius 1 is 1.50 bits per heavy atom. The number of nitrogens with zero attached hydrogens (tertiary/aromatic N) is 1. The van der Waals surface area contributed by atoms with Gasteiger partial charge in [0.05, 0.1) is 0 Å². The van der Waals surface area contributed by atoms with Gasteiger partial charge >= 0.3 is 0 Å². The zero-order valence-electron chi connectivity index (χ0n) is 11.0. The lowest BCUT2D eigenvalue weighted by Crippen LogP contribution is -2.15. The second-order valence-electron chi connectivity index (χ2n) is 4.44. The van der Waals surface area contributed by atoms with Crippen LogP contribution >= 0.6 is 0 Å². The molecule has 1 unspecified atom stereocenters. The van der Waals surface area contributed by atoms with Gasteiger partial charge in [0.25, 0.3) is 0 Å². The smallest absolute Gasteiger partial charge is 0.0382 e. The normalized spacial score (nSPS) is 18.8. The van der Waals surface area contributed by atoms with E-state index in [1.165, 1.54) is 17.7 Å². The minimum absolute atomic E-state index is 0.623. The van der Waals surface area contributed by atoms with E-state index in [-0.39, 0.29) is 0 Å². The van der Waals surface area contributed by atoms with Crippen LogP contribution in [0.4, 0.5) is 0 Å². The summed E-state index contributed by atoms with van der Waals surface area (Å²) in [5, 5.41) is 0. The van der Waals surface area contributed by atoms with Crippen molar-refractivity contribution in [2.45, 2.75) is 40.5 Å². The van der Waals surface area contributed by atoms with Crippen LogP contribution in [0.25, 0.3) is 0 Å². The van der Waals surface area contributed by atoms with E-state index < -0.39 is 0 Å². The Kier molecular flexibility index (Phi) is 4.60. The predicted octanol–water partition coefficient (Wildman–Crippen LogP) is 4.62. The van der Waals surface area contributed by atoms with Crippen molar-refractivity contribution >= 4 is 0 Å². The van der Waals surface area contributed by atoms with Crippen molar-refractivity contribution in [3.8, 4) is 0 Å². The van der Waals surface area contributed by atoms with E-state index in [2.05, 4.69) is 63.6 Å². The summed E-state index contributed by atoms with van der Waals surface area (Å²) in [5.41, 5.74) is 3.68. The molecule has 1 aliphatic heterocycles. The summed E-state index contributed by atoms with van der Waals surface area (Å²) >= 11 is 0. The average Bonchev–Trinajstić information content (AvgIpc) is 2.28. The Labute approximate surface area is 99.8 Å². The Morgan fingerprint density at radius 3 is 2.69 bits per heavy atom. The van der Waals surface area contributed by atoms with Crippen LogP contribution in [0, 0.1) is 5.92 Å². The number of allylic oxidation sites excluding steroid dienone is 5. The van der Waals surface area contributed by atoms with Gasteiger partial charge in [-0.15, -0.1) is 0 Å². The molecule has 0 N–H and O–H groups in total. The van der Waals surface area contributed by atoms with Crippen LogP contribution in [0.3, 0.4) is 0 Å². The Morgan fingerprint density at radius 2 is 2.19 bits per heavy atom. The standard InChI is InChI=1S/C15H23N/c1-6-12(3)10-13(4)16-9-8-15(7-2)11-14(16)5/h8-12H,5-7H2,1-4H3. The summed E-state index contributed by atoms with van der Waals surface area (Å²) in [6.07, 6.45) is 11.0. The summed E-state index contributed by atoms with van der Waals surface area (Å²) in [6, 6.07) is 0.